The molecule has 0 aliphatic carbocycles. The first-order chi connectivity index (χ1) is 6.24. The van der Waals surface area contributed by atoms with Crippen LogP contribution in [0.3, 0.4) is 0 Å². The lowest BCUT2D eigenvalue weighted by Gasteiger charge is -2.28. The largest absolute Gasteiger partial charge is 0.316 e. The summed E-state index contributed by atoms with van der Waals surface area (Å²) in [5.41, 5.74) is 0. The first-order valence-corrected chi connectivity index (χ1v) is 5.18. The van der Waals surface area contributed by atoms with Crippen LogP contribution in [0, 0.1) is 5.92 Å². The Morgan fingerprint density at radius 1 is 1.69 bits per heavy atom. The third-order valence-corrected chi connectivity index (χ3v) is 2.67. The minimum Gasteiger partial charge on any atom is -0.316 e. The van der Waals surface area contributed by atoms with E-state index in [1.807, 2.05) is 6.92 Å². The van der Waals surface area contributed by atoms with Crippen molar-refractivity contribution in [3.05, 3.63) is 0 Å². The van der Waals surface area contributed by atoms with Gasteiger partial charge in [0.1, 0.15) is 5.78 Å². The van der Waals surface area contributed by atoms with Gasteiger partial charge in [0.25, 0.3) is 0 Å². The van der Waals surface area contributed by atoms with Crippen molar-refractivity contribution in [2.75, 3.05) is 19.6 Å². The van der Waals surface area contributed by atoms with Crippen molar-refractivity contribution < 1.29 is 7.65 Å². The summed E-state index contributed by atoms with van der Waals surface area (Å²) in [5.74, 6) is 1.08. The molecule has 0 bridgehead atoms. The summed E-state index contributed by atoms with van der Waals surface area (Å²) in [4.78, 5) is 11.2. The Morgan fingerprint density at radius 3 is 2.77 bits per heavy atom. The average molecular weight is 188 g/mol. The van der Waals surface area contributed by atoms with Crippen molar-refractivity contribution in [1.29, 1.82) is 0 Å². The van der Waals surface area contributed by atoms with Gasteiger partial charge in [-0.2, -0.15) is 0 Å². The van der Waals surface area contributed by atoms with Crippen LogP contribution in [0.4, 0.5) is 0 Å². The van der Waals surface area contributed by atoms with Crippen LogP contribution in [-0.2, 0) is 4.79 Å². The Labute approximate surface area is 83.2 Å². The fourth-order valence-electron chi connectivity index (χ4n) is 1.65. The van der Waals surface area contributed by atoms with E-state index in [0.29, 0.717) is 0 Å². The van der Waals surface area contributed by atoms with Crippen LogP contribution < -0.4 is 10.6 Å². The molecule has 1 aliphatic heterocycles. The van der Waals surface area contributed by atoms with Gasteiger partial charge < -0.3 is 10.6 Å². The highest BCUT2D eigenvalue weighted by atomic mass is 16.1. The molecule has 0 aromatic carbocycles. The second kappa shape index (κ2) is 5.35. The molecule has 1 rings (SSSR count). The van der Waals surface area contributed by atoms with Crippen molar-refractivity contribution >= 4 is 5.78 Å². The molecule has 1 unspecified atom stereocenters. The molecule has 0 amide bonds. The van der Waals surface area contributed by atoms with Crippen molar-refractivity contribution in [3.63, 3.8) is 0 Å². The summed E-state index contributed by atoms with van der Waals surface area (Å²) in [7, 11) is 0. The van der Waals surface area contributed by atoms with Gasteiger partial charge >= 0.3 is 0 Å². The lowest BCUT2D eigenvalue weighted by Crippen LogP contribution is -2.43. The fraction of sp³-hybridized carbons (Fsp3) is 0.900. The summed E-state index contributed by atoms with van der Waals surface area (Å²) in [5, 5.41) is 6.46. The molecule has 3 nitrogen and oxygen atoms in total. The Hall–Kier alpha value is -0.410. The standard InChI is InChI=1S/C10H20N2O.2H2/c1-3-12-10(8(2)13)5-4-9-6-11-7-9;;/h9-12H,3-7H2,1-2H3;2*1H. The maximum atomic E-state index is 11.2. The highest BCUT2D eigenvalue weighted by molar-refractivity contribution is 5.81. The molecule has 1 heterocycles. The van der Waals surface area contributed by atoms with E-state index >= 15 is 0 Å². The average Bonchev–Trinajstić information content (AvgIpc) is 1.99. The minimum absolute atomic E-state index is 0. The smallest absolute Gasteiger partial charge is 0.146 e. The lowest BCUT2D eigenvalue weighted by atomic mass is 9.94. The van der Waals surface area contributed by atoms with Gasteiger partial charge in [0.15, 0.2) is 0 Å². The number of carbonyl (C=O) groups is 1. The van der Waals surface area contributed by atoms with Gasteiger partial charge in [0.05, 0.1) is 6.04 Å². The Bertz CT molecular complexity index is 175. The predicted octanol–water partition coefficient (Wildman–Crippen LogP) is 1.05. The topological polar surface area (TPSA) is 41.1 Å². The van der Waals surface area contributed by atoms with E-state index < -0.39 is 0 Å². The number of rotatable bonds is 6. The SMILES string of the molecule is CCNC(CCC1CNC1)C(C)=O.[HH].[HH]. The van der Waals surface area contributed by atoms with E-state index in [4.69, 9.17) is 0 Å². The monoisotopic (exact) mass is 188 g/mol. The third-order valence-electron chi connectivity index (χ3n) is 2.67. The van der Waals surface area contributed by atoms with Gasteiger partial charge in [-0.1, -0.05) is 6.92 Å². The molecule has 0 aromatic rings. The highest BCUT2D eigenvalue weighted by Crippen LogP contribution is 2.12. The predicted molar refractivity (Wildman–Crippen MR) is 58.0 cm³/mol. The summed E-state index contributed by atoms with van der Waals surface area (Å²) >= 11 is 0. The van der Waals surface area contributed by atoms with E-state index in [-0.39, 0.29) is 14.7 Å². The summed E-state index contributed by atoms with van der Waals surface area (Å²) in [6.45, 7) is 6.87. The van der Waals surface area contributed by atoms with Gasteiger partial charge in [0.2, 0.25) is 0 Å². The molecule has 0 spiro atoms. The zero-order valence-corrected chi connectivity index (χ0v) is 8.60. The molecule has 0 radical (unpaired) electrons. The van der Waals surface area contributed by atoms with E-state index in [1.54, 1.807) is 6.92 Å². The first-order valence-electron chi connectivity index (χ1n) is 5.18. The second-order valence-corrected chi connectivity index (χ2v) is 3.82. The number of nitrogens with one attached hydrogen (secondary N) is 2. The molecule has 2 N–H and O–H groups in total. The summed E-state index contributed by atoms with van der Waals surface area (Å²) < 4.78 is 0. The number of hydrogen-bond acceptors (Lipinski definition) is 3. The normalized spacial score (nSPS) is 19.5. The Morgan fingerprint density at radius 2 is 2.38 bits per heavy atom. The molecule has 1 saturated heterocycles. The van der Waals surface area contributed by atoms with Gasteiger partial charge in [0, 0.05) is 2.85 Å². The van der Waals surface area contributed by atoms with Crippen LogP contribution in [0.5, 0.6) is 0 Å². The number of Topliss-reactive ketones (excluding diaryl/α,β-unsaturated/α-hetero) is 1. The lowest BCUT2D eigenvalue weighted by molar-refractivity contribution is -0.119. The van der Waals surface area contributed by atoms with Crippen LogP contribution in [0.2, 0.25) is 0 Å². The molecule has 1 aliphatic rings. The minimum atomic E-state index is 0. The third kappa shape index (κ3) is 3.44. The van der Waals surface area contributed by atoms with Gasteiger partial charge in [-0.15, -0.1) is 0 Å². The maximum Gasteiger partial charge on any atom is 0.146 e. The first kappa shape index (κ1) is 10.7. The van der Waals surface area contributed by atoms with Crippen LogP contribution in [-0.4, -0.2) is 31.5 Å². The van der Waals surface area contributed by atoms with Gasteiger partial charge in [-0.05, 0) is 45.3 Å². The number of hydrogen-bond donors (Lipinski definition) is 2. The summed E-state index contributed by atoms with van der Waals surface area (Å²) in [6.07, 6.45) is 2.17. The number of likely N-dealkylation sites (N-methyl/N-ethyl adjacent to an activating group) is 1. The van der Waals surface area contributed by atoms with E-state index in [1.165, 1.54) is 6.42 Å². The van der Waals surface area contributed by atoms with Crippen LogP contribution in [0.25, 0.3) is 0 Å². The molecule has 3 heteroatoms. The number of carbonyl (C=O) groups excluding carboxylic acids is 1. The van der Waals surface area contributed by atoms with Crippen LogP contribution in [0.1, 0.15) is 29.5 Å². The Balaban J connectivity index is 0. The van der Waals surface area contributed by atoms with Crippen molar-refractivity contribution in [2.24, 2.45) is 5.92 Å². The highest BCUT2D eigenvalue weighted by Gasteiger charge is 2.19. The fourth-order valence-corrected chi connectivity index (χ4v) is 1.65. The van der Waals surface area contributed by atoms with E-state index in [9.17, 15) is 4.79 Å². The van der Waals surface area contributed by atoms with E-state index in [0.717, 1.165) is 32.0 Å². The second-order valence-electron chi connectivity index (χ2n) is 3.82. The molecule has 80 valence electrons. The van der Waals surface area contributed by atoms with Crippen LogP contribution in [0.15, 0.2) is 0 Å². The molecule has 0 saturated carbocycles. The quantitative estimate of drug-likeness (QED) is 0.654. The van der Waals surface area contributed by atoms with E-state index in [2.05, 4.69) is 10.6 Å². The van der Waals surface area contributed by atoms with Crippen LogP contribution >= 0.6 is 0 Å². The maximum absolute atomic E-state index is 11.2. The van der Waals surface area contributed by atoms with Crippen molar-refractivity contribution in [2.45, 2.75) is 32.7 Å². The molecular formula is C10H24N2O. The zero-order chi connectivity index (χ0) is 9.68. The van der Waals surface area contributed by atoms with Crippen molar-refractivity contribution in [3.8, 4) is 0 Å². The zero-order valence-electron chi connectivity index (χ0n) is 8.60. The molecular weight excluding hydrogens is 164 g/mol. The molecule has 1 fully saturated rings. The van der Waals surface area contributed by atoms with Gasteiger partial charge in [-0.25, -0.2) is 0 Å². The molecule has 13 heavy (non-hydrogen) atoms. The van der Waals surface area contributed by atoms with Gasteiger partial charge in [-0.3, -0.25) is 4.79 Å². The van der Waals surface area contributed by atoms with Crippen molar-refractivity contribution in [1.82, 2.24) is 10.6 Å². The number of ketones is 1. The Kier molecular flexibility index (Phi) is 4.39. The molecule has 0 aromatic heterocycles. The molecule has 1 atom stereocenters. The summed E-state index contributed by atoms with van der Waals surface area (Å²) in [6, 6.07) is 0.0885.